The predicted molar refractivity (Wildman–Crippen MR) is 103 cm³/mol. The lowest BCUT2D eigenvalue weighted by molar-refractivity contribution is 0.400. The van der Waals surface area contributed by atoms with E-state index in [1.807, 2.05) is 11.4 Å². The molecule has 134 valence electrons. The standard InChI is InChI=1S/C21H25N5/c1-15-22-21-23-19-9-5-8-18(19)20(26(21)24-15)25-12-10-17(11-13-25)14-16-6-3-2-4-7-16/h2-4,6-7,17H,5,8-14H2,1H3. The summed E-state index contributed by atoms with van der Waals surface area (Å²) in [5.41, 5.74) is 4.11. The fraction of sp³-hybridized carbons (Fsp3) is 0.476. The van der Waals surface area contributed by atoms with E-state index < -0.39 is 0 Å². The molecule has 0 atom stereocenters. The normalized spacial score (nSPS) is 17.8. The SMILES string of the molecule is Cc1nc2nc3c(c(N4CCC(Cc5ccccc5)CC4)n2n1)CCC3. The Kier molecular flexibility index (Phi) is 3.88. The van der Waals surface area contributed by atoms with Gasteiger partial charge in [0, 0.05) is 18.7 Å². The summed E-state index contributed by atoms with van der Waals surface area (Å²) >= 11 is 0. The van der Waals surface area contributed by atoms with Gasteiger partial charge in [-0.25, -0.2) is 4.98 Å². The van der Waals surface area contributed by atoms with Gasteiger partial charge >= 0.3 is 0 Å². The predicted octanol–water partition coefficient (Wildman–Crippen LogP) is 3.38. The van der Waals surface area contributed by atoms with Gasteiger partial charge in [0.05, 0.1) is 5.69 Å². The van der Waals surface area contributed by atoms with Crippen LogP contribution in [0.3, 0.4) is 0 Å². The Hall–Kier alpha value is -2.43. The minimum atomic E-state index is 0.768. The van der Waals surface area contributed by atoms with Gasteiger partial charge in [-0.15, -0.1) is 5.10 Å². The molecule has 1 aliphatic carbocycles. The van der Waals surface area contributed by atoms with E-state index in [4.69, 9.17) is 4.98 Å². The summed E-state index contributed by atoms with van der Waals surface area (Å²) < 4.78 is 2.00. The van der Waals surface area contributed by atoms with Crippen LogP contribution in [0, 0.1) is 12.8 Å². The number of aromatic nitrogens is 4. The summed E-state index contributed by atoms with van der Waals surface area (Å²) in [5, 5.41) is 4.65. The smallest absolute Gasteiger partial charge is 0.254 e. The molecule has 0 spiro atoms. The summed E-state index contributed by atoms with van der Waals surface area (Å²) in [6.45, 7) is 4.15. The highest BCUT2D eigenvalue weighted by molar-refractivity contribution is 5.56. The molecule has 5 heteroatoms. The van der Waals surface area contributed by atoms with Crippen molar-refractivity contribution >= 4 is 11.6 Å². The summed E-state index contributed by atoms with van der Waals surface area (Å²) in [5.74, 6) is 3.61. The second kappa shape index (κ2) is 6.38. The Balaban J connectivity index is 1.40. The first-order valence-electron chi connectivity index (χ1n) is 9.82. The van der Waals surface area contributed by atoms with Crippen molar-refractivity contribution in [1.82, 2.24) is 19.6 Å². The van der Waals surface area contributed by atoms with Gasteiger partial charge in [0.25, 0.3) is 5.78 Å². The Morgan fingerprint density at radius 3 is 2.65 bits per heavy atom. The number of hydrogen-bond donors (Lipinski definition) is 0. The first-order chi connectivity index (χ1) is 12.8. The third-order valence-corrected chi connectivity index (χ3v) is 5.87. The topological polar surface area (TPSA) is 46.3 Å². The van der Waals surface area contributed by atoms with Crippen LogP contribution in [-0.2, 0) is 19.3 Å². The fourth-order valence-electron chi connectivity index (χ4n) is 4.58. The van der Waals surface area contributed by atoms with Crippen LogP contribution in [0.15, 0.2) is 30.3 Å². The summed E-state index contributed by atoms with van der Waals surface area (Å²) in [7, 11) is 0. The number of benzene rings is 1. The van der Waals surface area contributed by atoms with Crippen molar-refractivity contribution in [3.63, 3.8) is 0 Å². The van der Waals surface area contributed by atoms with Crippen LogP contribution in [-0.4, -0.2) is 32.7 Å². The molecular formula is C21H25N5. The molecule has 3 aromatic rings. The van der Waals surface area contributed by atoms with Crippen molar-refractivity contribution in [1.29, 1.82) is 0 Å². The summed E-state index contributed by atoms with van der Waals surface area (Å²) in [4.78, 5) is 11.8. The molecule has 1 saturated heterocycles. The Labute approximate surface area is 154 Å². The highest BCUT2D eigenvalue weighted by atomic mass is 15.4. The van der Waals surface area contributed by atoms with Gasteiger partial charge in [-0.3, -0.25) is 0 Å². The van der Waals surface area contributed by atoms with E-state index in [9.17, 15) is 0 Å². The van der Waals surface area contributed by atoms with Gasteiger partial charge in [0.1, 0.15) is 11.6 Å². The maximum Gasteiger partial charge on any atom is 0.254 e. The quantitative estimate of drug-likeness (QED) is 0.729. The lowest BCUT2D eigenvalue weighted by Gasteiger charge is -2.34. The van der Waals surface area contributed by atoms with E-state index in [0.29, 0.717) is 0 Å². The van der Waals surface area contributed by atoms with E-state index >= 15 is 0 Å². The van der Waals surface area contributed by atoms with Crippen LogP contribution < -0.4 is 4.90 Å². The van der Waals surface area contributed by atoms with Gasteiger partial charge in [0.15, 0.2) is 0 Å². The number of piperidine rings is 1. The highest BCUT2D eigenvalue weighted by Crippen LogP contribution is 2.33. The van der Waals surface area contributed by atoms with E-state index in [-0.39, 0.29) is 0 Å². The number of rotatable bonds is 3. The van der Waals surface area contributed by atoms with Crippen molar-refractivity contribution in [2.45, 2.75) is 45.4 Å². The van der Waals surface area contributed by atoms with Crippen molar-refractivity contribution in [3.05, 3.63) is 53.0 Å². The van der Waals surface area contributed by atoms with Crippen LogP contribution in [0.4, 0.5) is 5.82 Å². The zero-order chi connectivity index (χ0) is 17.5. The van der Waals surface area contributed by atoms with E-state index in [2.05, 4.69) is 45.3 Å². The van der Waals surface area contributed by atoms with Gasteiger partial charge in [-0.2, -0.15) is 9.50 Å². The third-order valence-electron chi connectivity index (χ3n) is 5.87. The molecule has 0 N–H and O–H groups in total. The van der Waals surface area contributed by atoms with Crippen LogP contribution >= 0.6 is 0 Å². The van der Waals surface area contributed by atoms with Gasteiger partial charge in [-0.05, 0) is 56.9 Å². The first kappa shape index (κ1) is 15.8. The monoisotopic (exact) mass is 347 g/mol. The molecule has 2 aliphatic rings. The number of hydrogen-bond acceptors (Lipinski definition) is 4. The van der Waals surface area contributed by atoms with Gasteiger partial charge in [0.2, 0.25) is 0 Å². The molecule has 5 nitrogen and oxygen atoms in total. The zero-order valence-electron chi connectivity index (χ0n) is 15.4. The number of aryl methyl sites for hydroxylation is 2. The van der Waals surface area contributed by atoms with Gasteiger partial charge < -0.3 is 4.90 Å². The second-order valence-corrected chi connectivity index (χ2v) is 7.71. The average molecular weight is 347 g/mol. The fourth-order valence-corrected chi connectivity index (χ4v) is 4.58. The largest absolute Gasteiger partial charge is 0.356 e. The Morgan fingerprint density at radius 1 is 1.04 bits per heavy atom. The second-order valence-electron chi connectivity index (χ2n) is 7.71. The molecule has 0 radical (unpaired) electrons. The molecule has 0 unspecified atom stereocenters. The molecule has 0 bridgehead atoms. The average Bonchev–Trinajstić information content (AvgIpc) is 3.26. The van der Waals surface area contributed by atoms with Gasteiger partial charge in [-0.1, -0.05) is 30.3 Å². The number of fused-ring (bicyclic) bond motifs is 2. The molecular weight excluding hydrogens is 322 g/mol. The van der Waals surface area contributed by atoms with Crippen molar-refractivity contribution in [2.75, 3.05) is 18.0 Å². The summed E-state index contributed by atoms with van der Waals surface area (Å²) in [6.07, 6.45) is 7.07. The Morgan fingerprint density at radius 2 is 1.85 bits per heavy atom. The molecule has 5 rings (SSSR count). The lowest BCUT2D eigenvalue weighted by atomic mass is 9.90. The molecule has 1 fully saturated rings. The molecule has 0 amide bonds. The Bertz CT molecular complexity index is 922. The molecule has 1 aliphatic heterocycles. The van der Waals surface area contributed by atoms with E-state index in [1.54, 1.807) is 0 Å². The van der Waals surface area contributed by atoms with Crippen LogP contribution in [0.25, 0.3) is 5.78 Å². The molecule has 1 aromatic carbocycles. The molecule has 3 heterocycles. The maximum absolute atomic E-state index is 4.77. The molecule has 2 aromatic heterocycles. The van der Waals surface area contributed by atoms with Crippen LogP contribution in [0.2, 0.25) is 0 Å². The number of nitrogens with zero attached hydrogens (tertiary/aromatic N) is 5. The summed E-state index contributed by atoms with van der Waals surface area (Å²) in [6, 6.07) is 10.9. The first-order valence-corrected chi connectivity index (χ1v) is 9.82. The highest BCUT2D eigenvalue weighted by Gasteiger charge is 2.28. The van der Waals surface area contributed by atoms with E-state index in [1.165, 1.54) is 48.3 Å². The van der Waals surface area contributed by atoms with Crippen molar-refractivity contribution < 1.29 is 0 Å². The van der Waals surface area contributed by atoms with Crippen molar-refractivity contribution in [2.24, 2.45) is 5.92 Å². The lowest BCUT2D eigenvalue weighted by Crippen LogP contribution is -2.36. The minimum absolute atomic E-state index is 0.768. The van der Waals surface area contributed by atoms with Crippen LogP contribution in [0.1, 0.15) is 41.9 Å². The zero-order valence-corrected chi connectivity index (χ0v) is 15.4. The van der Waals surface area contributed by atoms with E-state index in [0.717, 1.165) is 43.5 Å². The van der Waals surface area contributed by atoms with Crippen molar-refractivity contribution in [3.8, 4) is 0 Å². The third kappa shape index (κ3) is 2.75. The number of anilines is 1. The van der Waals surface area contributed by atoms with Crippen LogP contribution in [0.5, 0.6) is 0 Å². The molecule has 0 saturated carbocycles. The molecule has 26 heavy (non-hydrogen) atoms. The minimum Gasteiger partial charge on any atom is -0.356 e. The maximum atomic E-state index is 4.77.